The molecule has 2 rings (SSSR count). The van der Waals surface area contributed by atoms with Gasteiger partial charge in [0.25, 0.3) is 0 Å². The van der Waals surface area contributed by atoms with Crippen LogP contribution in [0.15, 0.2) is 12.1 Å². The lowest BCUT2D eigenvalue weighted by Gasteiger charge is -2.07. The smallest absolute Gasteiger partial charge is 0.144 e. The number of thioether (sulfide) groups is 1. The molecule has 0 N–H and O–H groups in total. The highest BCUT2D eigenvalue weighted by molar-refractivity contribution is 7.98. The van der Waals surface area contributed by atoms with Crippen molar-refractivity contribution in [1.82, 2.24) is 9.55 Å². The van der Waals surface area contributed by atoms with Gasteiger partial charge in [-0.3, -0.25) is 0 Å². The summed E-state index contributed by atoms with van der Waals surface area (Å²) < 4.78 is 15.6. The van der Waals surface area contributed by atoms with E-state index in [2.05, 4.69) is 4.98 Å². The zero-order valence-electron chi connectivity index (χ0n) is 9.92. The molecule has 0 spiro atoms. The van der Waals surface area contributed by atoms with Crippen molar-refractivity contribution in [2.45, 2.75) is 13.0 Å². The molecule has 0 aliphatic rings. The molecule has 6 heteroatoms. The molecular formula is C12H13Cl2FN2S. The summed E-state index contributed by atoms with van der Waals surface area (Å²) in [5.41, 5.74) is 1.51. The van der Waals surface area contributed by atoms with E-state index < -0.39 is 5.82 Å². The van der Waals surface area contributed by atoms with Crippen molar-refractivity contribution in [1.29, 1.82) is 0 Å². The van der Waals surface area contributed by atoms with Gasteiger partial charge in [0, 0.05) is 30.7 Å². The van der Waals surface area contributed by atoms with Crippen LogP contribution in [0.3, 0.4) is 0 Å². The molecule has 0 atom stereocenters. The summed E-state index contributed by atoms with van der Waals surface area (Å²) in [6, 6.07) is 3.02. The molecule has 0 saturated heterocycles. The molecule has 0 fully saturated rings. The molecule has 98 valence electrons. The predicted molar refractivity (Wildman–Crippen MR) is 77.5 cm³/mol. The minimum atomic E-state index is -0.410. The summed E-state index contributed by atoms with van der Waals surface area (Å²) in [6.07, 6.45) is 2.71. The molecule has 2 nitrogen and oxygen atoms in total. The second-order valence-corrected chi connectivity index (χ2v) is 5.64. The zero-order valence-corrected chi connectivity index (χ0v) is 12.2. The topological polar surface area (TPSA) is 17.8 Å². The number of aromatic nitrogens is 2. The third-order valence-electron chi connectivity index (χ3n) is 2.71. The van der Waals surface area contributed by atoms with Crippen molar-refractivity contribution in [2.75, 3.05) is 17.9 Å². The van der Waals surface area contributed by atoms with Gasteiger partial charge in [0.15, 0.2) is 0 Å². The van der Waals surface area contributed by atoms with Crippen LogP contribution in [0.5, 0.6) is 0 Å². The molecule has 2 aromatic rings. The van der Waals surface area contributed by atoms with Crippen molar-refractivity contribution in [2.24, 2.45) is 0 Å². The molecule has 18 heavy (non-hydrogen) atoms. The summed E-state index contributed by atoms with van der Waals surface area (Å²) in [4.78, 5) is 4.48. The van der Waals surface area contributed by atoms with Crippen molar-refractivity contribution < 1.29 is 4.39 Å². The molecule has 1 heterocycles. The van der Waals surface area contributed by atoms with Crippen molar-refractivity contribution in [3.05, 3.63) is 28.8 Å². The number of halogens is 3. The van der Waals surface area contributed by atoms with Gasteiger partial charge in [0.2, 0.25) is 0 Å². The third kappa shape index (κ3) is 2.76. The number of nitrogens with zero attached hydrogens (tertiary/aromatic N) is 2. The van der Waals surface area contributed by atoms with E-state index in [-0.39, 0.29) is 5.02 Å². The Labute approximate surface area is 119 Å². The molecule has 0 saturated carbocycles. The minimum absolute atomic E-state index is 0.106. The second-order valence-electron chi connectivity index (χ2n) is 3.87. The average Bonchev–Trinajstić information content (AvgIpc) is 2.65. The Morgan fingerprint density at radius 3 is 2.89 bits per heavy atom. The first-order valence-corrected chi connectivity index (χ1v) is 7.87. The first kappa shape index (κ1) is 14.0. The van der Waals surface area contributed by atoms with Crippen LogP contribution in [-0.2, 0) is 13.0 Å². The highest BCUT2D eigenvalue weighted by Gasteiger charge is 2.13. The summed E-state index contributed by atoms with van der Waals surface area (Å²) in [6.45, 7) is 0.797. The number of benzene rings is 1. The van der Waals surface area contributed by atoms with Gasteiger partial charge in [0.05, 0.1) is 16.1 Å². The van der Waals surface area contributed by atoms with Crippen molar-refractivity contribution in [3.63, 3.8) is 0 Å². The SMILES string of the molecule is CSCCn1c(CCCl)nc2cc(Cl)c(F)cc21. The summed E-state index contributed by atoms with van der Waals surface area (Å²) >= 11 is 13.3. The number of fused-ring (bicyclic) bond motifs is 1. The fourth-order valence-electron chi connectivity index (χ4n) is 1.88. The Morgan fingerprint density at radius 2 is 2.22 bits per heavy atom. The van der Waals surface area contributed by atoms with Gasteiger partial charge in [-0.1, -0.05) is 11.6 Å². The number of imidazole rings is 1. The number of rotatable bonds is 5. The summed E-state index contributed by atoms with van der Waals surface area (Å²) in [5, 5.41) is 0.106. The van der Waals surface area contributed by atoms with Crippen LogP contribution >= 0.6 is 35.0 Å². The maximum atomic E-state index is 13.5. The highest BCUT2D eigenvalue weighted by atomic mass is 35.5. The Hall–Kier alpha value is -0.450. The molecule has 0 aliphatic carbocycles. The summed E-state index contributed by atoms with van der Waals surface area (Å²) in [5.74, 6) is 1.92. The van der Waals surface area contributed by atoms with E-state index in [1.54, 1.807) is 17.8 Å². The minimum Gasteiger partial charge on any atom is -0.327 e. The van der Waals surface area contributed by atoms with Crippen molar-refractivity contribution >= 4 is 46.0 Å². The lowest BCUT2D eigenvalue weighted by molar-refractivity contribution is 0.628. The Morgan fingerprint density at radius 1 is 1.44 bits per heavy atom. The number of hydrogen-bond donors (Lipinski definition) is 0. The van der Waals surface area contributed by atoms with E-state index >= 15 is 0 Å². The van der Waals surface area contributed by atoms with Crippen LogP contribution < -0.4 is 0 Å². The van der Waals surface area contributed by atoms with Crippen molar-refractivity contribution in [3.8, 4) is 0 Å². The van der Waals surface area contributed by atoms with Crippen LogP contribution in [0.1, 0.15) is 5.82 Å². The van der Waals surface area contributed by atoms with Gasteiger partial charge in [-0.2, -0.15) is 11.8 Å². The molecule has 0 bridgehead atoms. The van der Waals surface area contributed by atoms with Crippen LogP contribution in [0.2, 0.25) is 5.02 Å². The second kappa shape index (κ2) is 6.13. The van der Waals surface area contributed by atoms with Crippen LogP contribution in [0.4, 0.5) is 4.39 Å². The monoisotopic (exact) mass is 306 g/mol. The lowest BCUT2D eigenvalue weighted by atomic mass is 10.3. The predicted octanol–water partition coefficient (Wildman–Crippen LogP) is 3.97. The normalized spacial score (nSPS) is 11.3. The van der Waals surface area contributed by atoms with Gasteiger partial charge in [-0.15, -0.1) is 11.6 Å². The number of aryl methyl sites for hydroxylation is 2. The van der Waals surface area contributed by atoms with Gasteiger partial charge in [-0.05, 0) is 12.3 Å². The molecular weight excluding hydrogens is 294 g/mol. The molecule has 0 radical (unpaired) electrons. The van der Waals surface area contributed by atoms with Gasteiger partial charge >= 0.3 is 0 Å². The Balaban J connectivity index is 2.53. The van der Waals surface area contributed by atoms with Crippen LogP contribution in [-0.4, -0.2) is 27.4 Å². The number of hydrogen-bond acceptors (Lipinski definition) is 2. The first-order valence-electron chi connectivity index (χ1n) is 5.56. The molecule has 0 amide bonds. The molecule has 1 aromatic carbocycles. The van der Waals surface area contributed by atoms with Crippen LogP contribution in [0.25, 0.3) is 11.0 Å². The number of alkyl halides is 1. The largest absolute Gasteiger partial charge is 0.327 e. The first-order chi connectivity index (χ1) is 8.67. The van der Waals surface area contributed by atoms with E-state index in [0.29, 0.717) is 12.3 Å². The third-order valence-corrected chi connectivity index (χ3v) is 3.78. The average molecular weight is 307 g/mol. The molecule has 1 aromatic heterocycles. The fourth-order valence-corrected chi connectivity index (χ4v) is 2.57. The van der Waals surface area contributed by atoms with E-state index in [0.717, 1.165) is 29.2 Å². The van der Waals surface area contributed by atoms with E-state index in [9.17, 15) is 4.39 Å². The Bertz CT molecular complexity index is 556. The summed E-state index contributed by atoms with van der Waals surface area (Å²) in [7, 11) is 0. The zero-order chi connectivity index (χ0) is 13.1. The van der Waals surface area contributed by atoms with E-state index in [1.165, 1.54) is 6.07 Å². The van der Waals surface area contributed by atoms with E-state index in [1.807, 2.05) is 10.8 Å². The maximum absolute atomic E-state index is 13.5. The quantitative estimate of drug-likeness (QED) is 0.778. The lowest BCUT2D eigenvalue weighted by Crippen LogP contribution is -2.06. The fraction of sp³-hybridized carbons (Fsp3) is 0.417. The maximum Gasteiger partial charge on any atom is 0.144 e. The molecule has 0 aliphatic heterocycles. The van der Waals surface area contributed by atoms with E-state index in [4.69, 9.17) is 23.2 Å². The standard InChI is InChI=1S/C12H13Cl2FN2S/c1-18-5-4-17-11-7-9(15)8(14)6-10(11)16-12(17)2-3-13/h6-7H,2-5H2,1H3. The van der Waals surface area contributed by atoms with Gasteiger partial charge in [0.1, 0.15) is 11.6 Å². The van der Waals surface area contributed by atoms with Crippen LogP contribution in [0, 0.1) is 5.82 Å². The van der Waals surface area contributed by atoms with Gasteiger partial charge in [-0.25, -0.2) is 9.37 Å². The molecule has 0 unspecified atom stereocenters. The highest BCUT2D eigenvalue weighted by Crippen LogP contribution is 2.24. The van der Waals surface area contributed by atoms with Gasteiger partial charge < -0.3 is 4.57 Å². The Kier molecular flexibility index (Phi) is 4.76.